The first-order valence-corrected chi connectivity index (χ1v) is 7.51. The molecule has 1 N–H and O–H groups in total. The maximum absolute atomic E-state index is 12.5. The molecule has 1 atom stereocenters. The standard InChI is InChI=1S/C14H17NO3S/c1-14(13(17)18)6-3-7-15(14)12(16)11-8-9-4-2-5-10(9)19-11/h8H,2-7H2,1H3,(H,17,18). The molecule has 0 radical (unpaired) electrons. The van der Waals surface area contributed by atoms with Crippen LogP contribution in [-0.2, 0) is 17.6 Å². The van der Waals surface area contributed by atoms with E-state index in [-0.39, 0.29) is 5.91 Å². The van der Waals surface area contributed by atoms with Gasteiger partial charge in [-0.1, -0.05) is 0 Å². The summed E-state index contributed by atoms with van der Waals surface area (Å²) < 4.78 is 0. The summed E-state index contributed by atoms with van der Waals surface area (Å²) in [5, 5.41) is 9.37. The molecule has 1 aromatic heterocycles. The summed E-state index contributed by atoms with van der Waals surface area (Å²) in [4.78, 5) is 27.5. The molecule has 2 aliphatic rings. The normalized spacial score (nSPS) is 25.6. The van der Waals surface area contributed by atoms with Crippen LogP contribution in [0.1, 0.15) is 46.3 Å². The Kier molecular flexibility index (Phi) is 2.89. The SMILES string of the molecule is CC1(C(=O)O)CCCN1C(=O)c1cc2c(s1)CCC2. The average Bonchev–Trinajstić information content (AvgIpc) is 3.00. The van der Waals surface area contributed by atoms with Crippen LogP contribution in [0.2, 0.25) is 0 Å². The molecule has 0 spiro atoms. The number of carboxylic acids is 1. The number of rotatable bonds is 2. The fourth-order valence-corrected chi connectivity index (χ4v) is 4.28. The second-order valence-electron chi connectivity index (χ2n) is 5.55. The van der Waals surface area contributed by atoms with Crippen LogP contribution in [-0.4, -0.2) is 34.0 Å². The molecule has 1 aromatic rings. The van der Waals surface area contributed by atoms with Gasteiger partial charge in [0.25, 0.3) is 5.91 Å². The molecule has 0 aromatic carbocycles. The van der Waals surface area contributed by atoms with E-state index < -0.39 is 11.5 Å². The number of fused-ring (bicyclic) bond motifs is 1. The minimum absolute atomic E-state index is 0.109. The highest BCUT2D eigenvalue weighted by atomic mass is 32.1. The van der Waals surface area contributed by atoms with Gasteiger partial charge in [-0.25, -0.2) is 4.79 Å². The van der Waals surface area contributed by atoms with Gasteiger partial charge in [-0.15, -0.1) is 11.3 Å². The van der Waals surface area contributed by atoms with Crippen LogP contribution in [0.15, 0.2) is 6.07 Å². The van der Waals surface area contributed by atoms with Gasteiger partial charge in [0.1, 0.15) is 5.54 Å². The number of carboxylic acid groups (broad SMARTS) is 1. The fourth-order valence-electron chi connectivity index (χ4n) is 3.08. The number of likely N-dealkylation sites (tertiary alicyclic amines) is 1. The van der Waals surface area contributed by atoms with Crippen molar-refractivity contribution in [3.63, 3.8) is 0 Å². The van der Waals surface area contributed by atoms with Crippen LogP contribution in [0, 0.1) is 0 Å². The molecule has 1 saturated heterocycles. The highest BCUT2D eigenvalue weighted by Crippen LogP contribution is 2.35. The summed E-state index contributed by atoms with van der Waals surface area (Å²) in [5.41, 5.74) is 0.246. The molecule has 2 heterocycles. The van der Waals surface area contributed by atoms with Crippen LogP contribution in [0.3, 0.4) is 0 Å². The van der Waals surface area contributed by atoms with Crippen molar-refractivity contribution in [3.8, 4) is 0 Å². The topological polar surface area (TPSA) is 57.6 Å². The van der Waals surface area contributed by atoms with Crippen molar-refractivity contribution in [1.29, 1.82) is 0 Å². The Morgan fingerprint density at radius 1 is 1.37 bits per heavy atom. The third kappa shape index (κ3) is 1.87. The van der Waals surface area contributed by atoms with Gasteiger partial charge in [-0.2, -0.15) is 0 Å². The largest absolute Gasteiger partial charge is 0.480 e. The number of aryl methyl sites for hydroxylation is 2. The van der Waals surface area contributed by atoms with Crippen molar-refractivity contribution >= 4 is 23.2 Å². The summed E-state index contributed by atoms with van der Waals surface area (Å²) in [5.74, 6) is -1.01. The number of amides is 1. The number of hydrogen-bond acceptors (Lipinski definition) is 3. The lowest BCUT2D eigenvalue weighted by molar-refractivity contribution is -0.147. The van der Waals surface area contributed by atoms with E-state index in [1.165, 1.54) is 21.8 Å². The van der Waals surface area contributed by atoms with Crippen LogP contribution in [0.5, 0.6) is 0 Å². The van der Waals surface area contributed by atoms with Crippen LogP contribution >= 0.6 is 11.3 Å². The van der Waals surface area contributed by atoms with Gasteiger partial charge in [0.2, 0.25) is 0 Å². The van der Waals surface area contributed by atoms with Crippen molar-refractivity contribution in [2.45, 2.75) is 44.6 Å². The molecule has 102 valence electrons. The Morgan fingerprint density at radius 3 is 2.84 bits per heavy atom. The van der Waals surface area contributed by atoms with Crippen LogP contribution < -0.4 is 0 Å². The average molecular weight is 279 g/mol. The van der Waals surface area contributed by atoms with Gasteiger partial charge >= 0.3 is 5.97 Å². The summed E-state index contributed by atoms with van der Waals surface area (Å²) in [6.45, 7) is 2.20. The Labute approximate surface area is 116 Å². The number of carbonyl (C=O) groups is 2. The fraction of sp³-hybridized carbons (Fsp3) is 0.571. The van der Waals surface area contributed by atoms with E-state index in [1.54, 1.807) is 18.3 Å². The molecule has 0 saturated carbocycles. The summed E-state index contributed by atoms with van der Waals surface area (Å²) in [6.07, 6.45) is 4.59. The van der Waals surface area contributed by atoms with Crippen molar-refractivity contribution in [3.05, 3.63) is 21.4 Å². The van der Waals surface area contributed by atoms with Gasteiger partial charge in [0.15, 0.2) is 0 Å². The Bertz CT molecular complexity index is 529. The first kappa shape index (κ1) is 12.7. The zero-order chi connectivity index (χ0) is 13.6. The van der Waals surface area contributed by atoms with Gasteiger partial charge in [0.05, 0.1) is 4.88 Å². The smallest absolute Gasteiger partial charge is 0.329 e. The molecule has 1 unspecified atom stereocenters. The Morgan fingerprint density at radius 2 is 2.16 bits per heavy atom. The molecule has 1 aliphatic carbocycles. The maximum Gasteiger partial charge on any atom is 0.329 e. The van der Waals surface area contributed by atoms with E-state index >= 15 is 0 Å². The maximum atomic E-state index is 12.5. The molecule has 1 fully saturated rings. The molecule has 5 heteroatoms. The van der Waals surface area contributed by atoms with Gasteiger partial charge in [0, 0.05) is 11.4 Å². The minimum Gasteiger partial charge on any atom is -0.480 e. The lowest BCUT2D eigenvalue weighted by Gasteiger charge is -2.30. The molecule has 1 aliphatic heterocycles. The zero-order valence-electron chi connectivity index (χ0n) is 10.9. The second kappa shape index (κ2) is 4.34. The van der Waals surface area contributed by atoms with E-state index in [1.807, 2.05) is 6.07 Å². The first-order chi connectivity index (χ1) is 9.02. The third-order valence-corrected chi connectivity index (χ3v) is 5.53. The molecule has 19 heavy (non-hydrogen) atoms. The number of hydrogen-bond donors (Lipinski definition) is 1. The van der Waals surface area contributed by atoms with E-state index in [9.17, 15) is 14.7 Å². The summed E-state index contributed by atoms with van der Waals surface area (Å²) in [7, 11) is 0. The zero-order valence-corrected chi connectivity index (χ0v) is 11.8. The van der Waals surface area contributed by atoms with E-state index in [4.69, 9.17) is 0 Å². The molecular weight excluding hydrogens is 262 g/mol. The highest BCUT2D eigenvalue weighted by Gasteiger charge is 2.46. The van der Waals surface area contributed by atoms with Crippen LogP contribution in [0.25, 0.3) is 0 Å². The van der Waals surface area contributed by atoms with Gasteiger partial charge < -0.3 is 10.0 Å². The molecule has 0 bridgehead atoms. The lowest BCUT2D eigenvalue weighted by Crippen LogP contribution is -2.50. The predicted molar refractivity (Wildman–Crippen MR) is 72.7 cm³/mol. The number of thiophene rings is 1. The number of aliphatic carboxylic acids is 1. The highest BCUT2D eigenvalue weighted by molar-refractivity contribution is 7.14. The number of nitrogens with zero attached hydrogens (tertiary/aromatic N) is 1. The van der Waals surface area contributed by atoms with Crippen molar-refractivity contribution in [1.82, 2.24) is 4.90 Å². The monoisotopic (exact) mass is 279 g/mol. The van der Waals surface area contributed by atoms with E-state index in [0.717, 1.165) is 19.3 Å². The lowest BCUT2D eigenvalue weighted by atomic mass is 9.99. The third-order valence-electron chi connectivity index (χ3n) is 4.30. The summed E-state index contributed by atoms with van der Waals surface area (Å²) in [6, 6.07) is 1.97. The van der Waals surface area contributed by atoms with Gasteiger partial charge in [-0.3, -0.25) is 4.79 Å². The number of carbonyl (C=O) groups excluding carboxylic acids is 1. The van der Waals surface area contributed by atoms with Crippen LogP contribution in [0.4, 0.5) is 0 Å². The minimum atomic E-state index is -1.04. The van der Waals surface area contributed by atoms with Crippen molar-refractivity contribution in [2.24, 2.45) is 0 Å². The van der Waals surface area contributed by atoms with E-state index in [0.29, 0.717) is 17.8 Å². The van der Waals surface area contributed by atoms with Gasteiger partial charge in [-0.05, 0) is 50.7 Å². The molecule has 1 amide bonds. The Balaban J connectivity index is 1.89. The molecule has 3 rings (SSSR count). The van der Waals surface area contributed by atoms with Crippen molar-refractivity contribution in [2.75, 3.05) is 6.54 Å². The summed E-state index contributed by atoms with van der Waals surface area (Å²) >= 11 is 1.55. The van der Waals surface area contributed by atoms with Crippen molar-refractivity contribution < 1.29 is 14.7 Å². The molecule has 4 nitrogen and oxygen atoms in total. The quantitative estimate of drug-likeness (QED) is 0.904. The second-order valence-corrected chi connectivity index (χ2v) is 6.69. The predicted octanol–water partition coefficient (Wildman–Crippen LogP) is 2.32. The first-order valence-electron chi connectivity index (χ1n) is 6.69. The molecular formula is C14H17NO3S. The van der Waals surface area contributed by atoms with E-state index in [2.05, 4.69) is 0 Å². The Hall–Kier alpha value is -1.36.